The van der Waals surface area contributed by atoms with Gasteiger partial charge in [-0.15, -0.1) is 24.8 Å². The highest BCUT2D eigenvalue weighted by atomic mass is 35.5. The van der Waals surface area contributed by atoms with Crippen molar-refractivity contribution in [3.05, 3.63) is 58.6 Å². The number of piperidine rings is 1. The molecule has 0 radical (unpaired) electrons. The van der Waals surface area contributed by atoms with Gasteiger partial charge >= 0.3 is 0 Å². The molecular weight excluding hydrogens is 407 g/mol. The SMILES string of the molecule is COc1cccc([C@@H]2NCCC[C@@H]2NCc2cc(Cl)ccc2OC)c1.Cl.Cl. The van der Waals surface area contributed by atoms with Gasteiger partial charge in [0.05, 0.1) is 14.2 Å². The summed E-state index contributed by atoms with van der Waals surface area (Å²) >= 11 is 6.14. The zero-order valence-corrected chi connectivity index (χ0v) is 17.9. The maximum absolute atomic E-state index is 6.14. The third kappa shape index (κ3) is 6.16. The molecule has 2 atom stereocenters. The van der Waals surface area contributed by atoms with Crippen molar-refractivity contribution in [3.8, 4) is 11.5 Å². The monoisotopic (exact) mass is 432 g/mol. The molecule has 1 fully saturated rings. The number of halogens is 3. The highest BCUT2D eigenvalue weighted by molar-refractivity contribution is 6.30. The molecule has 0 spiro atoms. The van der Waals surface area contributed by atoms with Crippen LogP contribution >= 0.6 is 36.4 Å². The lowest BCUT2D eigenvalue weighted by atomic mass is 9.92. The average molecular weight is 434 g/mol. The molecule has 0 unspecified atom stereocenters. The van der Waals surface area contributed by atoms with E-state index in [2.05, 4.69) is 22.8 Å². The first-order valence-corrected chi connectivity index (χ1v) is 9.02. The van der Waals surface area contributed by atoms with Gasteiger partial charge in [-0.05, 0) is 55.3 Å². The van der Waals surface area contributed by atoms with E-state index in [0.29, 0.717) is 6.04 Å². The summed E-state index contributed by atoms with van der Waals surface area (Å²) in [5.74, 6) is 1.75. The molecule has 0 amide bonds. The van der Waals surface area contributed by atoms with Crippen molar-refractivity contribution in [2.75, 3.05) is 20.8 Å². The molecule has 27 heavy (non-hydrogen) atoms. The molecule has 0 bridgehead atoms. The molecule has 2 N–H and O–H groups in total. The highest BCUT2D eigenvalue weighted by Gasteiger charge is 2.26. The third-order valence-electron chi connectivity index (χ3n) is 4.71. The number of hydrogen-bond acceptors (Lipinski definition) is 4. The van der Waals surface area contributed by atoms with Crippen molar-refractivity contribution in [1.29, 1.82) is 0 Å². The first-order valence-electron chi connectivity index (χ1n) is 8.64. The number of rotatable bonds is 6. The van der Waals surface area contributed by atoms with E-state index in [1.165, 1.54) is 5.56 Å². The second kappa shape index (κ2) is 11.6. The van der Waals surface area contributed by atoms with Crippen LogP contribution in [-0.2, 0) is 6.54 Å². The Morgan fingerprint density at radius 1 is 1.11 bits per heavy atom. The summed E-state index contributed by atoms with van der Waals surface area (Å²) in [4.78, 5) is 0. The number of nitrogens with one attached hydrogen (secondary N) is 2. The van der Waals surface area contributed by atoms with Crippen molar-refractivity contribution in [1.82, 2.24) is 10.6 Å². The van der Waals surface area contributed by atoms with E-state index in [9.17, 15) is 0 Å². The van der Waals surface area contributed by atoms with Gasteiger partial charge in [0, 0.05) is 29.2 Å². The topological polar surface area (TPSA) is 42.5 Å². The molecule has 150 valence electrons. The fraction of sp³-hybridized carbons (Fsp3) is 0.400. The van der Waals surface area contributed by atoms with Crippen molar-refractivity contribution in [2.24, 2.45) is 0 Å². The van der Waals surface area contributed by atoms with Crippen LogP contribution in [0, 0.1) is 0 Å². The largest absolute Gasteiger partial charge is 0.497 e. The Hall–Kier alpha value is -1.17. The molecule has 0 aromatic heterocycles. The van der Waals surface area contributed by atoms with E-state index in [4.69, 9.17) is 21.1 Å². The molecule has 1 aliphatic rings. The van der Waals surface area contributed by atoms with Gasteiger partial charge < -0.3 is 20.1 Å². The van der Waals surface area contributed by atoms with Gasteiger partial charge in [0.15, 0.2) is 0 Å². The number of ether oxygens (including phenoxy) is 2. The molecule has 3 rings (SSSR count). The summed E-state index contributed by atoms with van der Waals surface area (Å²) < 4.78 is 10.8. The molecule has 0 saturated carbocycles. The Labute approximate surface area is 178 Å². The Balaban J connectivity index is 0.00000182. The van der Waals surface area contributed by atoms with E-state index >= 15 is 0 Å². The lowest BCUT2D eigenvalue weighted by Crippen LogP contribution is -2.45. The zero-order valence-electron chi connectivity index (χ0n) is 15.5. The Morgan fingerprint density at radius 3 is 2.67 bits per heavy atom. The minimum Gasteiger partial charge on any atom is -0.497 e. The molecular formula is C20H27Cl3N2O2. The predicted octanol–water partition coefficient (Wildman–Crippen LogP) is 4.78. The van der Waals surface area contributed by atoms with E-state index in [1.54, 1.807) is 14.2 Å². The van der Waals surface area contributed by atoms with Crippen LogP contribution in [0.3, 0.4) is 0 Å². The van der Waals surface area contributed by atoms with Crippen LogP contribution in [0.1, 0.15) is 30.0 Å². The van der Waals surface area contributed by atoms with Gasteiger partial charge in [0.1, 0.15) is 11.5 Å². The molecule has 7 heteroatoms. The van der Waals surface area contributed by atoms with E-state index in [1.807, 2.05) is 30.3 Å². The van der Waals surface area contributed by atoms with Crippen molar-refractivity contribution >= 4 is 36.4 Å². The fourth-order valence-corrected chi connectivity index (χ4v) is 3.61. The normalized spacial score (nSPS) is 18.8. The van der Waals surface area contributed by atoms with Crippen molar-refractivity contribution in [2.45, 2.75) is 31.5 Å². The van der Waals surface area contributed by atoms with E-state index in [0.717, 1.165) is 48.0 Å². The summed E-state index contributed by atoms with van der Waals surface area (Å²) in [7, 11) is 3.39. The van der Waals surface area contributed by atoms with Crippen LogP contribution < -0.4 is 20.1 Å². The van der Waals surface area contributed by atoms with E-state index in [-0.39, 0.29) is 30.9 Å². The van der Waals surface area contributed by atoms with Crippen LogP contribution in [0.25, 0.3) is 0 Å². The van der Waals surface area contributed by atoms with E-state index < -0.39 is 0 Å². The maximum Gasteiger partial charge on any atom is 0.123 e. The second-order valence-electron chi connectivity index (χ2n) is 6.29. The van der Waals surface area contributed by atoms with Gasteiger partial charge in [-0.1, -0.05) is 23.7 Å². The van der Waals surface area contributed by atoms with Gasteiger partial charge in [0.2, 0.25) is 0 Å². The zero-order chi connectivity index (χ0) is 17.6. The quantitative estimate of drug-likeness (QED) is 0.688. The molecule has 2 aromatic rings. The van der Waals surface area contributed by atoms with Crippen molar-refractivity contribution in [3.63, 3.8) is 0 Å². The van der Waals surface area contributed by atoms with Crippen LogP contribution in [0.15, 0.2) is 42.5 Å². The first-order chi connectivity index (χ1) is 12.2. The molecule has 1 saturated heterocycles. The van der Waals surface area contributed by atoms with Gasteiger partial charge in [0.25, 0.3) is 0 Å². The lowest BCUT2D eigenvalue weighted by molar-refractivity contribution is 0.302. The van der Waals surface area contributed by atoms with Gasteiger partial charge in [-0.2, -0.15) is 0 Å². The Bertz CT molecular complexity index is 715. The maximum atomic E-state index is 6.14. The Morgan fingerprint density at radius 2 is 1.93 bits per heavy atom. The summed E-state index contributed by atoms with van der Waals surface area (Å²) in [5, 5.41) is 8.05. The number of methoxy groups -OCH3 is 2. The molecule has 0 aliphatic carbocycles. The van der Waals surface area contributed by atoms with Crippen LogP contribution in [0.5, 0.6) is 11.5 Å². The average Bonchev–Trinajstić information content (AvgIpc) is 2.66. The van der Waals surface area contributed by atoms with Crippen LogP contribution in [-0.4, -0.2) is 26.8 Å². The third-order valence-corrected chi connectivity index (χ3v) is 4.94. The smallest absolute Gasteiger partial charge is 0.123 e. The number of hydrogen-bond donors (Lipinski definition) is 2. The number of benzene rings is 2. The van der Waals surface area contributed by atoms with Crippen LogP contribution in [0.4, 0.5) is 0 Å². The van der Waals surface area contributed by atoms with Gasteiger partial charge in [-0.3, -0.25) is 0 Å². The fourth-order valence-electron chi connectivity index (χ4n) is 3.42. The van der Waals surface area contributed by atoms with Crippen LogP contribution in [0.2, 0.25) is 5.02 Å². The lowest BCUT2D eigenvalue weighted by Gasteiger charge is -2.34. The molecule has 2 aromatic carbocycles. The minimum atomic E-state index is 0. The standard InChI is InChI=1S/C20H25ClN2O2.2ClH/c1-24-17-6-3-5-14(12-17)20-18(7-4-10-22-20)23-13-15-11-16(21)8-9-19(15)25-2;;/h3,5-6,8-9,11-12,18,20,22-23H,4,7,10,13H2,1-2H3;2*1H/t18-,20-;;/m0../s1. The van der Waals surface area contributed by atoms with Crippen molar-refractivity contribution < 1.29 is 9.47 Å². The Kier molecular flexibility index (Phi) is 10.3. The molecule has 1 aliphatic heterocycles. The van der Waals surface area contributed by atoms with Gasteiger partial charge in [-0.25, -0.2) is 0 Å². The summed E-state index contributed by atoms with van der Waals surface area (Å²) in [6.07, 6.45) is 2.28. The highest BCUT2D eigenvalue weighted by Crippen LogP contribution is 2.28. The predicted molar refractivity (Wildman–Crippen MR) is 116 cm³/mol. The summed E-state index contributed by atoms with van der Waals surface area (Å²) in [6.45, 7) is 1.75. The second-order valence-corrected chi connectivity index (χ2v) is 6.73. The molecule has 1 heterocycles. The minimum absolute atomic E-state index is 0. The summed E-state index contributed by atoms with van der Waals surface area (Å²) in [6, 6.07) is 14.6. The molecule has 4 nitrogen and oxygen atoms in total. The summed E-state index contributed by atoms with van der Waals surface area (Å²) in [5.41, 5.74) is 2.32. The first kappa shape index (κ1) is 23.9.